The highest BCUT2D eigenvalue weighted by Gasteiger charge is 2.15. The van der Waals surface area contributed by atoms with E-state index < -0.39 is 10.8 Å². The zero-order valence-electron chi connectivity index (χ0n) is 10.3. The summed E-state index contributed by atoms with van der Waals surface area (Å²) in [5, 5.41) is 22.3. The molecule has 0 saturated carbocycles. The Hall–Kier alpha value is -1.95. The first-order valence-corrected chi connectivity index (χ1v) is 5.65. The maximum Gasteiger partial charge on any atom is 0.270 e. The average molecular weight is 252 g/mol. The van der Waals surface area contributed by atoms with Crippen molar-refractivity contribution >= 4 is 11.6 Å². The van der Waals surface area contributed by atoms with Crippen molar-refractivity contribution in [3.63, 3.8) is 0 Å². The van der Waals surface area contributed by atoms with E-state index in [9.17, 15) is 14.9 Å². The molecular formula is C12H16N2O4. The number of aliphatic hydroxyl groups excluding tert-OH is 1. The minimum absolute atomic E-state index is 0.114. The summed E-state index contributed by atoms with van der Waals surface area (Å²) in [7, 11) is 0. The van der Waals surface area contributed by atoms with Crippen LogP contribution >= 0.6 is 0 Å². The minimum Gasteiger partial charge on any atom is -0.394 e. The number of benzene rings is 1. The molecule has 0 aromatic heterocycles. The smallest absolute Gasteiger partial charge is 0.270 e. The molecule has 0 spiro atoms. The molecule has 1 amide bonds. The number of carbonyl (C=O) groups excluding carboxylic acids is 1. The first kappa shape index (κ1) is 14.1. The fraction of sp³-hybridized carbons (Fsp3) is 0.417. The van der Waals surface area contributed by atoms with Crippen molar-refractivity contribution < 1.29 is 14.8 Å². The predicted molar refractivity (Wildman–Crippen MR) is 66.5 cm³/mol. The van der Waals surface area contributed by atoms with E-state index in [1.807, 2.05) is 6.92 Å². The number of aliphatic hydroxyl groups is 1. The molecule has 2 N–H and O–H groups in total. The van der Waals surface area contributed by atoms with Crippen LogP contribution in [0, 0.1) is 17.0 Å². The Kier molecular flexibility index (Phi) is 4.79. The van der Waals surface area contributed by atoms with Gasteiger partial charge in [-0.1, -0.05) is 6.92 Å². The lowest BCUT2D eigenvalue weighted by atomic mass is 10.1. The lowest BCUT2D eigenvalue weighted by Gasteiger charge is -2.14. The van der Waals surface area contributed by atoms with E-state index in [-0.39, 0.29) is 23.9 Å². The van der Waals surface area contributed by atoms with Gasteiger partial charge in [-0.15, -0.1) is 0 Å². The molecule has 1 aromatic rings. The second-order valence-corrected chi connectivity index (χ2v) is 4.08. The molecule has 1 unspecified atom stereocenters. The Morgan fingerprint density at radius 3 is 2.67 bits per heavy atom. The number of nitrogens with zero attached hydrogens (tertiary/aromatic N) is 1. The second-order valence-electron chi connectivity index (χ2n) is 4.08. The van der Waals surface area contributed by atoms with Crippen LogP contribution < -0.4 is 5.32 Å². The van der Waals surface area contributed by atoms with Gasteiger partial charge in [0.25, 0.3) is 11.6 Å². The van der Waals surface area contributed by atoms with Crippen molar-refractivity contribution in [2.75, 3.05) is 6.61 Å². The zero-order valence-corrected chi connectivity index (χ0v) is 10.3. The van der Waals surface area contributed by atoms with E-state index in [4.69, 9.17) is 5.11 Å². The zero-order chi connectivity index (χ0) is 13.7. The van der Waals surface area contributed by atoms with Crippen LogP contribution in [-0.2, 0) is 0 Å². The highest BCUT2D eigenvalue weighted by atomic mass is 16.6. The van der Waals surface area contributed by atoms with Crippen molar-refractivity contribution in [1.82, 2.24) is 5.32 Å². The number of nitro groups is 1. The highest BCUT2D eigenvalue weighted by molar-refractivity contribution is 5.95. The van der Waals surface area contributed by atoms with E-state index in [1.165, 1.54) is 12.1 Å². The number of nitro benzene ring substituents is 1. The number of hydrogen-bond donors (Lipinski definition) is 2. The molecule has 0 saturated heterocycles. The van der Waals surface area contributed by atoms with E-state index in [2.05, 4.69) is 5.32 Å². The van der Waals surface area contributed by atoms with Gasteiger partial charge < -0.3 is 10.4 Å². The molecule has 1 atom stereocenters. The van der Waals surface area contributed by atoms with Crippen LogP contribution in [0.5, 0.6) is 0 Å². The van der Waals surface area contributed by atoms with Crippen LogP contribution in [0.1, 0.15) is 29.3 Å². The lowest BCUT2D eigenvalue weighted by Crippen LogP contribution is -2.36. The fourth-order valence-corrected chi connectivity index (χ4v) is 1.54. The molecule has 6 heteroatoms. The SMILES string of the molecule is CCC(CO)NC(=O)c1cc(C)cc([N+](=O)[O-])c1. The molecule has 0 fully saturated rings. The molecule has 6 nitrogen and oxygen atoms in total. The number of nitrogens with one attached hydrogen (secondary N) is 1. The van der Waals surface area contributed by atoms with Crippen molar-refractivity contribution in [1.29, 1.82) is 0 Å². The second kappa shape index (κ2) is 6.11. The molecule has 18 heavy (non-hydrogen) atoms. The van der Waals surface area contributed by atoms with Gasteiger partial charge in [0.2, 0.25) is 0 Å². The summed E-state index contributed by atoms with van der Waals surface area (Å²) < 4.78 is 0. The van der Waals surface area contributed by atoms with Crippen molar-refractivity contribution in [2.24, 2.45) is 0 Å². The Bertz CT molecular complexity index is 455. The van der Waals surface area contributed by atoms with Crippen LogP contribution in [0.3, 0.4) is 0 Å². The van der Waals surface area contributed by atoms with E-state index >= 15 is 0 Å². The third-order valence-corrected chi connectivity index (χ3v) is 2.58. The van der Waals surface area contributed by atoms with E-state index in [1.54, 1.807) is 13.0 Å². The van der Waals surface area contributed by atoms with Gasteiger partial charge in [0.15, 0.2) is 0 Å². The van der Waals surface area contributed by atoms with Crippen LogP contribution in [0.15, 0.2) is 18.2 Å². The topological polar surface area (TPSA) is 92.5 Å². The summed E-state index contributed by atoms with van der Waals surface area (Å²) in [5.41, 5.74) is 0.761. The number of rotatable bonds is 5. The number of aryl methyl sites for hydroxylation is 1. The van der Waals surface area contributed by atoms with Gasteiger partial charge in [0, 0.05) is 17.7 Å². The van der Waals surface area contributed by atoms with Crippen molar-refractivity contribution in [3.8, 4) is 0 Å². The van der Waals surface area contributed by atoms with Gasteiger partial charge in [0.1, 0.15) is 0 Å². The maximum atomic E-state index is 11.9. The number of non-ortho nitro benzene ring substituents is 1. The molecular weight excluding hydrogens is 236 g/mol. The first-order chi connectivity index (χ1) is 8.47. The van der Waals surface area contributed by atoms with Gasteiger partial charge in [-0.2, -0.15) is 0 Å². The molecule has 0 aliphatic rings. The van der Waals surface area contributed by atoms with Gasteiger partial charge >= 0.3 is 0 Å². The fourth-order valence-electron chi connectivity index (χ4n) is 1.54. The summed E-state index contributed by atoms with van der Waals surface area (Å²) in [5.74, 6) is -0.414. The Balaban J connectivity index is 2.95. The van der Waals surface area contributed by atoms with Crippen molar-refractivity contribution in [3.05, 3.63) is 39.4 Å². The molecule has 0 radical (unpaired) electrons. The van der Waals surface area contributed by atoms with Crippen LogP contribution in [0.2, 0.25) is 0 Å². The third kappa shape index (κ3) is 3.53. The third-order valence-electron chi connectivity index (χ3n) is 2.58. The number of carbonyl (C=O) groups is 1. The monoisotopic (exact) mass is 252 g/mol. The average Bonchev–Trinajstić information content (AvgIpc) is 2.34. The Morgan fingerprint density at radius 2 is 2.17 bits per heavy atom. The summed E-state index contributed by atoms with van der Waals surface area (Å²) in [4.78, 5) is 22.0. The van der Waals surface area contributed by atoms with E-state index in [0.717, 1.165) is 0 Å². The first-order valence-electron chi connectivity index (χ1n) is 5.65. The minimum atomic E-state index is -0.535. The lowest BCUT2D eigenvalue weighted by molar-refractivity contribution is -0.384. The van der Waals surface area contributed by atoms with Crippen LogP contribution in [0.4, 0.5) is 5.69 Å². The van der Waals surface area contributed by atoms with Gasteiger partial charge in [-0.25, -0.2) is 0 Å². The van der Waals surface area contributed by atoms with Crippen molar-refractivity contribution in [2.45, 2.75) is 26.3 Å². The molecule has 0 aliphatic carbocycles. The van der Waals surface area contributed by atoms with Gasteiger partial charge in [-0.3, -0.25) is 14.9 Å². The van der Waals surface area contributed by atoms with Crippen LogP contribution in [0.25, 0.3) is 0 Å². The Morgan fingerprint density at radius 1 is 1.50 bits per heavy atom. The highest BCUT2D eigenvalue weighted by Crippen LogP contribution is 2.16. The molecule has 1 aromatic carbocycles. The van der Waals surface area contributed by atoms with Gasteiger partial charge in [0.05, 0.1) is 17.6 Å². The molecule has 0 aliphatic heterocycles. The predicted octanol–water partition coefficient (Wildman–Crippen LogP) is 1.40. The number of hydrogen-bond acceptors (Lipinski definition) is 4. The maximum absolute atomic E-state index is 11.9. The molecule has 98 valence electrons. The normalized spacial score (nSPS) is 11.9. The summed E-state index contributed by atoms with van der Waals surface area (Å²) in [6, 6.07) is 3.87. The van der Waals surface area contributed by atoms with Gasteiger partial charge in [-0.05, 0) is 25.0 Å². The summed E-state index contributed by atoms with van der Waals surface area (Å²) in [6.07, 6.45) is 0.593. The quantitative estimate of drug-likeness (QED) is 0.612. The molecule has 0 bridgehead atoms. The molecule has 0 heterocycles. The molecule has 1 rings (SSSR count). The Labute approximate surface area is 105 Å². The van der Waals surface area contributed by atoms with E-state index in [0.29, 0.717) is 12.0 Å². The standard InChI is InChI=1S/C12H16N2O4/c1-3-10(7-15)13-12(16)9-4-8(2)5-11(6-9)14(17)18/h4-6,10,15H,3,7H2,1-2H3,(H,13,16). The summed E-state index contributed by atoms with van der Waals surface area (Å²) >= 11 is 0. The van der Waals surface area contributed by atoms with Crippen LogP contribution in [-0.4, -0.2) is 28.6 Å². The largest absolute Gasteiger partial charge is 0.394 e. The summed E-state index contributed by atoms with van der Waals surface area (Å²) in [6.45, 7) is 3.36. The number of amides is 1.